The van der Waals surface area contributed by atoms with Crippen LogP contribution >= 0.6 is 0 Å². The van der Waals surface area contributed by atoms with Gasteiger partial charge in [0.1, 0.15) is 17.2 Å². The Kier molecular flexibility index (Phi) is 8.57. The number of nitrogens with zero attached hydrogens (tertiary/aromatic N) is 4. The first kappa shape index (κ1) is 30.8. The molecule has 7 nitrogen and oxygen atoms in total. The normalized spacial score (nSPS) is 23.7. The molecular formula is C36H48FN5O2. The summed E-state index contributed by atoms with van der Waals surface area (Å²) in [5.74, 6) is 0.728. The average Bonchev–Trinajstić information content (AvgIpc) is 3.48. The number of imidazole rings is 1. The number of hydrogen-bond donors (Lipinski definition) is 1. The molecule has 2 unspecified atom stereocenters. The second kappa shape index (κ2) is 12.3. The molecule has 2 amide bonds. The Morgan fingerprint density at radius 1 is 1.00 bits per heavy atom. The van der Waals surface area contributed by atoms with Crippen molar-refractivity contribution in [2.75, 3.05) is 19.6 Å². The minimum absolute atomic E-state index is 0.00739. The summed E-state index contributed by atoms with van der Waals surface area (Å²) in [6.07, 6.45) is 8.35. The predicted octanol–water partition coefficient (Wildman–Crippen LogP) is 6.30. The lowest BCUT2D eigenvalue weighted by molar-refractivity contribution is -0.143. The standard InChI is InChI=1S/C36H48FN5O2/c1-5-36(6-2,39-26(4)43)34(44)40-19-16-35(17-20-40,27-10-9-11-28(37)22-27)18-21-41-29-14-15-30(41)24-31(23-29)42-25(3)38-32-12-7-8-13-33(32)42/h7-13,22,29-31H,5-6,14-21,23-24H2,1-4H3,(H,39,43). The van der Waals surface area contributed by atoms with Crippen LogP contribution in [0, 0.1) is 12.7 Å². The zero-order chi connectivity index (χ0) is 31.1. The van der Waals surface area contributed by atoms with Crippen molar-refractivity contribution in [2.45, 2.75) is 115 Å². The molecule has 0 spiro atoms. The van der Waals surface area contributed by atoms with E-state index < -0.39 is 5.54 Å². The first-order chi connectivity index (χ1) is 21.2. The van der Waals surface area contributed by atoms with Gasteiger partial charge in [0.25, 0.3) is 0 Å². The summed E-state index contributed by atoms with van der Waals surface area (Å²) in [7, 11) is 0. The van der Waals surface area contributed by atoms with Gasteiger partial charge in [-0.25, -0.2) is 9.37 Å². The summed E-state index contributed by atoms with van der Waals surface area (Å²) < 4.78 is 17.1. The number of aromatic nitrogens is 2. The van der Waals surface area contributed by atoms with E-state index in [1.807, 2.05) is 24.8 Å². The number of aryl methyl sites for hydroxylation is 1. The fourth-order valence-electron chi connectivity index (χ4n) is 8.85. The maximum absolute atomic E-state index is 14.6. The maximum atomic E-state index is 14.6. The number of fused-ring (bicyclic) bond motifs is 3. The number of halogens is 1. The molecule has 1 N–H and O–H groups in total. The predicted molar refractivity (Wildman–Crippen MR) is 172 cm³/mol. The molecule has 0 saturated carbocycles. The van der Waals surface area contributed by atoms with Gasteiger partial charge in [-0.05, 0) is 106 Å². The number of para-hydroxylation sites is 2. The molecular weight excluding hydrogens is 553 g/mol. The van der Waals surface area contributed by atoms with Gasteiger partial charge in [-0.3, -0.25) is 14.5 Å². The summed E-state index contributed by atoms with van der Waals surface area (Å²) >= 11 is 0. The van der Waals surface area contributed by atoms with Crippen LogP contribution in [0.1, 0.15) is 96.0 Å². The number of piperidine rings is 2. The van der Waals surface area contributed by atoms with E-state index in [9.17, 15) is 14.0 Å². The van der Waals surface area contributed by atoms with Crippen molar-refractivity contribution in [2.24, 2.45) is 0 Å². The van der Waals surface area contributed by atoms with E-state index in [1.54, 1.807) is 6.07 Å². The van der Waals surface area contributed by atoms with Gasteiger partial charge in [0, 0.05) is 38.1 Å². The lowest BCUT2D eigenvalue weighted by atomic mass is 9.70. The van der Waals surface area contributed by atoms with Gasteiger partial charge >= 0.3 is 0 Å². The number of hydrogen-bond acceptors (Lipinski definition) is 4. The summed E-state index contributed by atoms with van der Waals surface area (Å²) in [5.41, 5.74) is 2.30. The van der Waals surface area contributed by atoms with Crippen molar-refractivity contribution in [3.63, 3.8) is 0 Å². The highest BCUT2D eigenvalue weighted by Crippen LogP contribution is 2.45. The molecule has 6 rings (SSSR count). The van der Waals surface area contributed by atoms with Crippen LogP contribution in [-0.4, -0.2) is 68.4 Å². The summed E-state index contributed by atoms with van der Waals surface area (Å²) in [4.78, 5) is 35.3. The fraction of sp³-hybridized carbons (Fsp3) is 0.583. The van der Waals surface area contributed by atoms with E-state index in [0.29, 0.717) is 44.1 Å². The molecule has 3 aromatic rings. The highest BCUT2D eigenvalue weighted by Gasteiger charge is 2.46. The van der Waals surface area contributed by atoms with Crippen LogP contribution in [0.25, 0.3) is 11.0 Å². The van der Waals surface area contributed by atoms with Crippen molar-refractivity contribution < 1.29 is 14.0 Å². The zero-order valence-corrected chi connectivity index (χ0v) is 26.8. The van der Waals surface area contributed by atoms with Gasteiger partial charge in [0.2, 0.25) is 11.8 Å². The molecule has 3 saturated heterocycles. The van der Waals surface area contributed by atoms with Crippen LogP contribution in [-0.2, 0) is 15.0 Å². The third-order valence-electron chi connectivity index (χ3n) is 11.3. The second-order valence-electron chi connectivity index (χ2n) is 13.6. The molecule has 3 aliphatic rings. The molecule has 236 valence electrons. The third kappa shape index (κ3) is 5.55. The third-order valence-corrected chi connectivity index (χ3v) is 11.3. The number of carbonyl (C=O) groups is 2. The van der Waals surface area contributed by atoms with E-state index in [-0.39, 0.29) is 23.0 Å². The Labute approximate surface area is 261 Å². The van der Waals surface area contributed by atoms with Gasteiger partial charge in [0.15, 0.2) is 0 Å². The molecule has 3 aliphatic heterocycles. The zero-order valence-electron chi connectivity index (χ0n) is 26.8. The second-order valence-corrected chi connectivity index (χ2v) is 13.6. The number of carbonyl (C=O) groups excluding carboxylic acids is 2. The Bertz CT molecular complexity index is 1490. The molecule has 8 heteroatoms. The molecule has 0 radical (unpaired) electrons. The van der Waals surface area contributed by atoms with Crippen LogP contribution < -0.4 is 5.32 Å². The van der Waals surface area contributed by atoms with Crippen molar-refractivity contribution in [1.82, 2.24) is 24.7 Å². The lowest BCUT2D eigenvalue weighted by Gasteiger charge is -2.47. The highest BCUT2D eigenvalue weighted by molar-refractivity contribution is 5.91. The molecule has 44 heavy (non-hydrogen) atoms. The van der Waals surface area contributed by atoms with Gasteiger partial charge in [-0.2, -0.15) is 0 Å². The van der Waals surface area contributed by atoms with Crippen LogP contribution in [0.4, 0.5) is 4.39 Å². The monoisotopic (exact) mass is 601 g/mol. The Morgan fingerprint density at radius 2 is 1.68 bits per heavy atom. The summed E-state index contributed by atoms with van der Waals surface area (Å²) in [6.45, 7) is 9.74. The Hall–Kier alpha value is -3.26. The van der Waals surface area contributed by atoms with Crippen LogP contribution in [0.5, 0.6) is 0 Å². The largest absolute Gasteiger partial charge is 0.342 e. The van der Waals surface area contributed by atoms with Gasteiger partial charge in [0.05, 0.1) is 11.0 Å². The molecule has 2 aromatic carbocycles. The summed E-state index contributed by atoms with van der Waals surface area (Å²) in [5, 5.41) is 2.97. The minimum atomic E-state index is -0.868. The van der Waals surface area contributed by atoms with Crippen molar-refractivity contribution in [3.05, 3.63) is 65.7 Å². The molecule has 4 heterocycles. The molecule has 1 aromatic heterocycles. The average molecular weight is 602 g/mol. The van der Waals surface area contributed by atoms with E-state index in [4.69, 9.17) is 4.98 Å². The number of rotatable bonds is 9. The first-order valence-corrected chi connectivity index (χ1v) is 16.7. The minimum Gasteiger partial charge on any atom is -0.342 e. The quantitative estimate of drug-likeness (QED) is 0.313. The van der Waals surface area contributed by atoms with Gasteiger partial charge in [-0.1, -0.05) is 38.1 Å². The van der Waals surface area contributed by atoms with Crippen LogP contribution in [0.3, 0.4) is 0 Å². The molecule has 2 bridgehead atoms. The van der Waals surface area contributed by atoms with E-state index in [2.05, 4.69) is 52.0 Å². The lowest BCUT2D eigenvalue weighted by Crippen LogP contribution is -2.60. The van der Waals surface area contributed by atoms with Gasteiger partial charge < -0.3 is 14.8 Å². The molecule has 2 atom stereocenters. The number of amides is 2. The van der Waals surface area contributed by atoms with E-state index in [0.717, 1.165) is 55.6 Å². The van der Waals surface area contributed by atoms with E-state index >= 15 is 0 Å². The molecule has 0 aliphatic carbocycles. The first-order valence-electron chi connectivity index (χ1n) is 16.7. The topological polar surface area (TPSA) is 70.5 Å². The van der Waals surface area contributed by atoms with Gasteiger partial charge in [-0.15, -0.1) is 0 Å². The SMILES string of the molecule is CCC(CC)(NC(C)=O)C(=O)N1CCC(CCN2C3CCC2CC(n2c(C)nc4ccccc42)C3)(c2cccc(F)c2)CC1. The van der Waals surface area contributed by atoms with E-state index in [1.165, 1.54) is 31.3 Å². The van der Waals surface area contributed by atoms with Crippen molar-refractivity contribution >= 4 is 22.8 Å². The van der Waals surface area contributed by atoms with Crippen molar-refractivity contribution in [3.8, 4) is 0 Å². The maximum Gasteiger partial charge on any atom is 0.248 e. The number of nitrogens with one attached hydrogen (secondary N) is 1. The molecule has 3 fully saturated rings. The van der Waals surface area contributed by atoms with Crippen molar-refractivity contribution in [1.29, 1.82) is 0 Å². The number of likely N-dealkylation sites (tertiary alicyclic amines) is 1. The fourth-order valence-corrected chi connectivity index (χ4v) is 8.85. The highest BCUT2D eigenvalue weighted by atomic mass is 19.1. The Balaban J connectivity index is 1.18. The summed E-state index contributed by atoms with van der Waals surface area (Å²) in [6, 6.07) is 17.2. The number of benzene rings is 2. The van der Waals surface area contributed by atoms with Crippen LogP contribution in [0.15, 0.2) is 48.5 Å². The van der Waals surface area contributed by atoms with Crippen LogP contribution in [0.2, 0.25) is 0 Å². The smallest absolute Gasteiger partial charge is 0.248 e. The Morgan fingerprint density at radius 3 is 2.32 bits per heavy atom.